The van der Waals surface area contributed by atoms with Crippen molar-refractivity contribution in [1.29, 1.82) is 0 Å². The Morgan fingerprint density at radius 2 is 1.69 bits per heavy atom. The molecule has 0 bridgehead atoms. The average Bonchev–Trinajstić information content (AvgIpc) is 2.12. The minimum Gasteiger partial charge on any atom is -0.296 e. The molecule has 1 heteroatoms. The van der Waals surface area contributed by atoms with Crippen LogP contribution in [0.4, 0.5) is 0 Å². The van der Waals surface area contributed by atoms with Crippen LogP contribution >= 0.6 is 0 Å². The Hall–Kier alpha value is -0.0400. The van der Waals surface area contributed by atoms with Crippen LogP contribution in [0.3, 0.4) is 0 Å². The van der Waals surface area contributed by atoms with Gasteiger partial charge in [0.25, 0.3) is 0 Å². The lowest BCUT2D eigenvalue weighted by molar-refractivity contribution is -0.0729. The minimum atomic E-state index is 0. The molecule has 1 rings (SSSR count). The first kappa shape index (κ1) is 16.0. The van der Waals surface area contributed by atoms with Crippen molar-refractivity contribution in [2.45, 2.75) is 79.3 Å². The molecule has 0 aliphatic carbocycles. The quantitative estimate of drug-likeness (QED) is 0.668. The molecule has 0 spiro atoms. The molecule has 0 aromatic rings. The van der Waals surface area contributed by atoms with Gasteiger partial charge in [0.2, 0.25) is 0 Å². The fourth-order valence-corrected chi connectivity index (χ4v) is 3.34. The molecule has 0 amide bonds. The lowest BCUT2D eigenvalue weighted by atomic mass is 9.66. The third-order valence-electron chi connectivity index (χ3n) is 5.02. The van der Waals surface area contributed by atoms with Gasteiger partial charge in [-0.05, 0) is 53.0 Å². The summed E-state index contributed by atoms with van der Waals surface area (Å²) in [5, 5.41) is 0. The van der Waals surface area contributed by atoms with Crippen molar-refractivity contribution in [3.8, 4) is 0 Å². The lowest BCUT2D eigenvalue weighted by Crippen LogP contribution is -2.62. The highest BCUT2D eigenvalue weighted by atomic mass is 15.2. The molecule has 0 N–H and O–H groups in total. The smallest absolute Gasteiger partial charge is 0.0183 e. The van der Waals surface area contributed by atoms with E-state index in [0.29, 0.717) is 11.1 Å². The summed E-state index contributed by atoms with van der Waals surface area (Å²) in [6.07, 6.45) is 4.06. The second kappa shape index (κ2) is 5.08. The second-order valence-electron chi connectivity index (χ2n) is 6.57. The summed E-state index contributed by atoms with van der Waals surface area (Å²) in [7, 11) is 2.29. The number of nitrogens with zero attached hydrogens (tertiary/aromatic N) is 1. The highest BCUT2D eigenvalue weighted by molar-refractivity contribution is 5.01. The van der Waals surface area contributed by atoms with Crippen LogP contribution in [0.1, 0.15) is 68.2 Å². The fraction of sp³-hybridized carbons (Fsp3) is 1.00. The molecule has 0 saturated carbocycles. The number of hydrogen-bond acceptors (Lipinski definition) is 1. The Bertz CT molecular complexity index is 217. The Kier molecular flexibility index (Phi) is 5.07. The van der Waals surface area contributed by atoms with Gasteiger partial charge in [-0.15, -0.1) is 0 Å². The predicted molar refractivity (Wildman–Crippen MR) is 74.8 cm³/mol. The van der Waals surface area contributed by atoms with E-state index >= 15 is 0 Å². The first-order valence-corrected chi connectivity index (χ1v) is 6.47. The largest absolute Gasteiger partial charge is 0.296 e. The van der Waals surface area contributed by atoms with Gasteiger partial charge in [-0.3, -0.25) is 4.90 Å². The highest BCUT2D eigenvalue weighted by Crippen LogP contribution is 2.45. The highest BCUT2D eigenvalue weighted by Gasteiger charge is 2.47. The number of likely N-dealkylation sites (tertiary alicyclic amines) is 1. The maximum atomic E-state index is 2.58. The zero-order valence-corrected chi connectivity index (χ0v) is 11.7. The van der Waals surface area contributed by atoms with Crippen LogP contribution < -0.4 is 0 Å². The van der Waals surface area contributed by atoms with E-state index in [1.54, 1.807) is 0 Å². The molecule has 0 aromatic carbocycles. The molecule has 2 atom stereocenters. The zero-order chi connectivity index (χ0) is 11.9. The van der Waals surface area contributed by atoms with Crippen molar-refractivity contribution in [3.05, 3.63) is 0 Å². The Labute approximate surface area is 104 Å². The predicted octanol–water partition coefficient (Wildman–Crippen LogP) is 4.57. The lowest BCUT2D eigenvalue weighted by Gasteiger charge is -2.57. The van der Waals surface area contributed by atoms with E-state index in [4.69, 9.17) is 0 Å². The van der Waals surface area contributed by atoms with Crippen LogP contribution in [0.25, 0.3) is 0 Å². The van der Waals surface area contributed by atoms with Crippen molar-refractivity contribution in [2.75, 3.05) is 7.05 Å². The van der Waals surface area contributed by atoms with E-state index < -0.39 is 0 Å². The van der Waals surface area contributed by atoms with Gasteiger partial charge >= 0.3 is 0 Å². The monoisotopic (exact) mass is 227 g/mol. The summed E-state index contributed by atoms with van der Waals surface area (Å²) in [6.45, 7) is 14.3. The Morgan fingerprint density at radius 3 is 2.12 bits per heavy atom. The van der Waals surface area contributed by atoms with Gasteiger partial charge < -0.3 is 0 Å². The third kappa shape index (κ3) is 2.61. The molecule has 0 aromatic heterocycles. The minimum absolute atomic E-state index is 0. The van der Waals surface area contributed by atoms with Gasteiger partial charge in [0.1, 0.15) is 0 Å². The normalized spacial score (nSPS) is 33.2. The summed E-state index contributed by atoms with van der Waals surface area (Å²) >= 11 is 0. The van der Waals surface area contributed by atoms with E-state index in [-0.39, 0.29) is 7.43 Å². The molecule has 2 unspecified atom stereocenters. The summed E-state index contributed by atoms with van der Waals surface area (Å²) in [6, 6.07) is 0. The van der Waals surface area contributed by atoms with E-state index in [2.05, 4.69) is 53.5 Å². The van der Waals surface area contributed by atoms with Crippen LogP contribution in [-0.2, 0) is 0 Å². The molecule has 1 aliphatic heterocycles. The molecule has 0 radical (unpaired) electrons. The van der Waals surface area contributed by atoms with Gasteiger partial charge in [0.05, 0.1) is 0 Å². The van der Waals surface area contributed by atoms with Crippen LogP contribution in [0.15, 0.2) is 0 Å². The van der Waals surface area contributed by atoms with Crippen molar-refractivity contribution in [3.63, 3.8) is 0 Å². The van der Waals surface area contributed by atoms with Gasteiger partial charge in [-0.2, -0.15) is 0 Å². The maximum Gasteiger partial charge on any atom is 0.0183 e. The van der Waals surface area contributed by atoms with Crippen molar-refractivity contribution >= 4 is 0 Å². The zero-order valence-electron chi connectivity index (χ0n) is 11.7. The molecule has 16 heavy (non-hydrogen) atoms. The van der Waals surface area contributed by atoms with Crippen molar-refractivity contribution in [2.24, 2.45) is 11.8 Å². The van der Waals surface area contributed by atoms with Crippen LogP contribution in [0, 0.1) is 11.8 Å². The molecular weight excluding hydrogens is 194 g/mol. The Morgan fingerprint density at radius 1 is 1.19 bits per heavy atom. The van der Waals surface area contributed by atoms with Crippen LogP contribution in [-0.4, -0.2) is 23.0 Å². The van der Waals surface area contributed by atoms with E-state index in [1.165, 1.54) is 19.3 Å². The van der Waals surface area contributed by atoms with E-state index in [0.717, 1.165) is 11.8 Å². The maximum absolute atomic E-state index is 2.58. The first-order valence-electron chi connectivity index (χ1n) is 6.47. The summed E-state index contributed by atoms with van der Waals surface area (Å²) in [5.41, 5.74) is 0.692. The van der Waals surface area contributed by atoms with Gasteiger partial charge in [0.15, 0.2) is 0 Å². The van der Waals surface area contributed by atoms with E-state index in [1.807, 2.05) is 0 Å². The number of piperidine rings is 1. The number of rotatable bonds is 2. The van der Waals surface area contributed by atoms with Crippen LogP contribution in [0.2, 0.25) is 0 Å². The fourth-order valence-electron chi connectivity index (χ4n) is 3.34. The standard InChI is InChI=1S/C14H29N.CH4/c1-8-9-12-10-13(3,4)15(7)14(5,6)11(12)2;/h11-12H,8-10H2,1-7H3;1H4. The molecule has 1 aliphatic rings. The van der Waals surface area contributed by atoms with Gasteiger partial charge in [-0.1, -0.05) is 34.1 Å². The molecule has 1 nitrogen and oxygen atoms in total. The van der Waals surface area contributed by atoms with E-state index in [9.17, 15) is 0 Å². The summed E-state index contributed by atoms with van der Waals surface area (Å²) in [4.78, 5) is 2.58. The topological polar surface area (TPSA) is 3.24 Å². The SMILES string of the molecule is C.CCCC1CC(C)(C)N(C)C(C)(C)C1C. The number of hydrogen-bond donors (Lipinski definition) is 0. The molecule has 1 fully saturated rings. The Balaban J connectivity index is 0.00000225. The summed E-state index contributed by atoms with van der Waals surface area (Å²) < 4.78 is 0. The van der Waals surface area contributed by atoms with Gasteiger partial charge in [0, 0.05) is 11.1 Å². The van der Waals surface area contributed by atoms with Crippen molar-refractivity contribution in [1.82, 2.24) is 4.90 Å². The average molecular weight is 227 g/mol. The molecule has 98 valence electrons. The van der Waals surface area contributed by atoms with Gasteiger partial charge in [-0.25, -0.2) is 0 Å². The van der Waals surface area contributed by atoms with Crippen molar-refractivity contribution < 1.29 is 0 Å². The molecule has 1 heterocycles. The third-order valence-corrected chi connectivity index (χ3v) is 5.02. The molecule has 1 saturated heterocycles. The van der Waals surface area contributed by atoms with Crippen LogP contribution in [0.5, 0.6) is 0 Å². The second-order valence-corrected chi connectivity index (χ2v) is 6.57. The summed E-state index contributed by atoms with van der Waals surface area (Å²) in [5.74, 6) is 1.70. The molecular formula is C15H33N. The first-order chi connectivity index (χ1) is 6.73.